The van der Waals surface area contributed by atoms with Gasteiger partial charge in [0, 0.05) is 10.0 Å². The molecule has 2 rings (SSSR count). The van der Waals surface area contributed by atoms with Gasteiger partial charge in [0.05, 0.1) is 17.3 Å². The number of hydrogen-bond acceptors (Lipinski definition) is 4. The highest BCUT2D eigenvalue weighted by Crippen LogP contribution is 2.24. The summed E-state index contributed by atoms with van der Waals surface area (Å²) in [6.07, 6.45) is 0. The van der Waals surface area contributed by atoms with Crippen molar-refractivity contribution in [1.29, 1.82) is 0 Å². The molecule has 2 aromatic rings. The van der Waals surface area contributed by atoms with E-state index >= 15 is 0 Å². The van der Waals surface area contributed by atoms with Crippen LogP contribution in [0.4, 0.5) is 0 Å². The number of benzene rings is 1. The Balaban J connectivity index is 2.28. The van der Waals surface area contributed by atoms with Gasteiger partial charge in [-0.2, -0.15) is 4.68 Å². The molecule has 5 nitrogen and oxygen atoms in total. The molecule has 19 heavy (non-hydrogen) atoms. The molecule has 0 atom stereocenters. The minimum absolute atomic E-state index is 0.000288. The second-order valence-corrected chi connectivity index (χ2v) is 6.53. The van der Waals surface area contributed by atoms with Gasteiger partial charge in [-0.25, -0.2) is 0 Å². The molecule has 1 N–H and O–H groups in total. The van der Waals surface area contributed by atoms with Crippen molar-refractivity contribution in [3.63, 3.8) is 0 Å². The molecule has 0 fully saturated rings. The van der Waals surface area contributed by atoms with Crippen LogP contribution in [0.2, 0.25) is 5.02 Å². The fraction of sp³-hybridized carbons (Fsp3) is 0.417. The molecule has 1 aromatic heterocycles. The van der Waals surface area contributed by atoms with Crippen LogP contribution in [-0.4, -0.2) is 25.7 Å². The van der Waals surface area contributed by atoms with E-state index in [2.05, 4.69) is 57.5 Å². The molecule has 1 heterocycles. The zero-order valence-electron chi connectivity index (χ0n) is 11.0. The van der Waals surface area contributed by atoms with Crippen molar-refractivity contribution in [2.45, 2.75) is 32.9 Å². The molecule has 1 aromatic carbocycles. The summed E-state index contributed by atoms with van der Waals surface area (Å²) in [6.45, 7) is 6.85. The summed E-state index contributed by atoms with van der Waals surface area (Å²) >= 11 is 9.59. The lowest BCUT2D eigenvalue weighted by Gasteiger charge is -2.20. The van der Waals surface area contributed by atoms with Crippen molar-refractivity contribution in [3.8, 4) is 5.69 Å². The summed E-state index contributed by atoms with van der Waals surface area (Å²) in [5.74, 6) is 0.721. The van der Waals surface area contributed by atoms with Crippen LogP contribution in [0, 0.1) is 0 Å². The summed E-state index contributed by atoms with van der Waals surface area (Å²) in [4.78, 5) is 0. The minimum Gasteiger partial charge on any atom is -0.305 e. The van der Waals surface area contributed by atoms with E-state index in [1.807, 2.05) is 18.2 Å². The van der Waals surface area contributed by atoms with Crippen molar-refractivity contribution >= 4 is 27.5 Å². The fourth-order valence-corrected chi connectivity index (χ4v) is 2.25. The van der Waals surface area contributed by atoms with Gasteiger partial charge in [-0.1, -0.05) is 27.5 Å². The molecule has 0 amide bonds. The van der Waals surface area contributed by atoms with Crippen molar-refractivity contribution in [2.75, 3.05) is 0 Å². The molecule has 0 saturated carbocycles. The number of rotatable bonds is 3. The van der Waals surface area contributed by atoms with Crippen LogP contribution in [0.15, 0.2) is 22.7 Å². The summed E-state index contributed by atoms with van der Waals surface area (Å²) in [7, 11) is 0. The first-order valence-corrected chi connectivity index (χ1v) is 7.01. The fourth-order valence-electron chi connectivity index (χ4n) is 1.50. The topological polar surface area (TPSA) is 55.6 Å². The molecule has 0 aliphatic carbocycles. The quantitative estimate of drug-likeness (QED) is 0.930. The van der Waals surface area contributed by atoms with E-state index in [0.717, 1.165) is 16.0 Å². The molecular weight excluding hydrogens is 330 g/mol. The van der Waals surface area contributed by atoms with Crippen LogP contribution >= 0.6 is 27.5 Å². The van der Waals surface area contributed by atoms with Gasteiger partial charge in [-0.15, -0.1) is 5.10 Å². The molecule has 0 spiro atoms. The van der Waals surface area contributed by atoms with Crippen molar-refractivity contribution < 1.29 is 0 Å². The number of hydrogen-bond donors (Lipinski definition) is 1. The van der Waals surface area contributed by atoms with Crippen molar-refractivity contribution in [2.24, 2.45) is 0 Å². The maximum absolute atomic E-state index is 6.22. The van der Waals surface area contributed by atoms with E-state index < -0.39 is 0 Å². The zero-order valence-corrected chi connectivity index (χ0v) is 13.3. The zero-order chi connectivity index (χ0) is 14.0. The van der Waals surface area contributed by atoms with E-state index in [-0.39, 0.29) is 5.54 Å². The number of aromatic nitrogens is 4. The van der Waals surface area contributed by atoms with Crippen LogP contribution < -0.4 is 5.32 Å². The predicted octanol–water partition coefficient (Wildman–Crippen LogP) is 2.97. The predicted molar refractivity (Wildman–Crippen MR) is 78.5 cm³/mol. The first-order chi connectivity index (χ1) is 8.87. The van der Waals surface area contributed by atoms with Crippen LogP contribution in [0.25, 0.3) is 5.69 Å². The van der Waals surface area contributed by atoms with Crippen molar-refractivity contribution in [1.82, 2.24) is 25.5 Å². The minimum atomic E-state index is 0.000288. The highest BCUT2D eigenvalue weighted by Gasteiger charge is 2.15. The van der Waals surface area contributed by atoms with Crippen LogP contribution in [0.1, 0.15) is 26.6 Å². The largest absolute Gasteiger partial charge is 0.305 e. The maximum atomic E-state index is 6.22. The first-order valence-electron chi connectivity index (χ1n) is 5.84. The number of nitrogens with one attached hydrogen (secondary N) is 1. The molecule has 0 aliphatic rings. The second-order valence-electron chi connectivity index (χ2n) is 5.21. The van der Waals surface area contributed by atoms with Gasteiger partial charge in [-0.3, -0.25) is 0 Å². The third kappa shape index (κ3) is 3.75. The molecule has 0 saturated heterocycles. The van der Waals surface area contributed by atoms with Gasteiger partial charge in [0.2, 0.25) is 0 Å². The van der Waals surface area contributed by atoms with Crippen LogP contribution in [0.5, 0.6) is 0 Å². The Morgan fingerprint density at radius 1 is 1.37 bits per heavy atom. The lowest BCUT2D eigenvalue weighted by atomic mass is 10.1. The molecule has 0 radical (unpaired) electrons. The monoisotopic (exact) mass is 343 g/mol. The van der Waals surface area contributed by atoms with E-state index in [0.29, 0.717) is 11.6 Å². The number of nitrogens with zero attached hydrogens (tertiary/aromatic N) is 4. The lowest BCUT2D eigenvalue weighted by Crippen LogP contribution is -2.35. The Bertz CT molecular complexity index is 576. The molecule has 102 valence electrons. The molecule has 0 bridgehead atoms. The highest BCUT2D eigenvalue weighted by molar-refractivity contribution is 9.10. The Kier molecular flexibility index (Phi) is 4.23. The smallest absolute Gasteiger partial charge is 0.170 e. The average Bonchev–Trinajstić information content (AvgIpc) is 2.73. The average molecular weight is 345 g/mol. The SMILES string of the molecule is CC(C)(C)NCc1nnnn1-c1ccc(Br)cc1Cl. The van der Waals surface area contributed by atoms with E-state index in [1.54, 1.807) is 4.68 Å². The third-order valence-electron chi connectivity index (χ3n) is 2.45. The molecule has 0 unspecified atom stereocenters. The van der Waals surface area contributed by atoms with E-state index in [4.69, 9.17) is 11.6 Å². The molecule has 0 aliphatic heterocycles. The lowest BCUT2D eigenvalue weighted by molar-refractivity contribution is 0.415. The van der Waals surface area contributed by atoms with Gasteiger partial charge in [0.15, 0.2) is 5.82 Å². The molecule has 7 heteroatoms. The summed E-state index contributed by atoms with van der Waals surface area (Å²) in [5.41, 5.74) is 0.765. The Morgan fingerprint density at radius 3 is 2.74 bits per heavy atom. The summed E-state index contributed by atoms with van der Waals surface area (Å²) in [5, 5.41) is 15.7. The van der Waals surface area contributed by atoms with E-state index in [9.17, 15) is 0 Å². The Hall–Kier alpha value is -0.980. The molecular formula is C12H15BrClN5. The van der Waals surface area contributed by atoms with Crippen LogP contribution in [-0.2, 0) is 6.54 Å². The number of halogens is 2. The first kappa shape index (κ1) is 14.4. The number of tetrazole rings is 1. The Morgan fingerprint density at radius 2 is 2.11 bits per heavy atom. The van der Waals surface area contributed by atoms with Gasteiger partial charge in [0.25, 0.3) is 0 Å². The standard InChI is InChI=1S/C12H15BrClN5/c1-12(2,3)15-7-11-16-17-18-19(11)10-5-4-8(13)6-9(10)14/h4-6,15H,7H2,1-3H3. The normalized spacial score (nSPS) is 11.8. The van der Waals surface area contributed by atoms with Gasteiger partial charge in [0.1, 0.15) is 0 Å². The van der Waals surface area contributed by atoms with Gasteiger partial charge < -0.3 is 5.32 Å². The summed E-state index contributed by atoms with van der Waals surface area (Å²) in [6, 6.07) is 5.60. The van der Waals surface area contributed by atoms with Crippen LogP contribution in [0.3, 0.4) is 0 Å². The Labute approximate surface area is 125 Å². The summed E-state index contributed by atoms with van der Waals surface area (Å²) < 4.78 is 2.57. The highest BCUT2D eigenvalue weighted by atomic mass is 79.9. The maximum Gasteiger partial charge on any atom is 0.170 e. The second kappa shape index (κ2) is 5.56. The third-order valence-corrected chi connectivity index (χ3v) is 3.24. The van der Waals surface area contributed by atoms with Crippen molar-refractivity contribution in [3.05, 3.63) is 33.5 Å². The van der Waals surface area contributed by atoms with Gasteiger partial charge in [-0.05, 0) is 49.4 Å². The van der Waals surface area contributed by atoms with Gasteiger partial charge >= 0.3 is 0 Å². The van der Waals surface area contributed by atoms with E-state index in [1.165, 1.54) is 0 Å².